The number of hydrogen-bond acceptors (Lipinski definition) is 6. The maximum Gasteiger partial charge on any atom is 0.250 e. The summed E-state index contributed by atoms with van der Waals surface area (Å²) in [4.78, 5) is 12.9. The van der Waals surface area contributed by atoms with Crippen LogP contribution in [-0.2, 0) is 4.74 Å². The summed E-state index contributed by atoms with van der Waals surface area (Å²) in [6, 6.07) is 9.44. The van der Waals surface area contributed by atoms with Crippen LogP contribution in [0.15, 0.2) is 43.0 Å². The SMILES string of the molecule is CC.CC1CC(n2cnc3c(Oc4ccccc4)ncnc32)OC1CO. The van der Waals surface area contributed by atoms with Crippen LogP contribution in [0.25, 0.3) is 11.2 Å². The van der Waals surface area contributed by atoms with Crippen molar-refractivity contribution in [3.8, 4) is 11.6 Å². The van der Waals surface area contributed by atoms with Gasteiger partial charge < -0.3 is 14.6 Å². The van der Waals surface area contributed by atoms with Gasteiger partial charge in [-0.15, -0.1) is 0 Å². The molecule has 1 aliphatic heterocycles. The van der Waals surface area contributed by atoms with E-state index in [1.165, 1.54) is 6.33 Å². The quantitative estimate of drug-likeness (QED) is 0.770. The van der Waals surface area contributed by atoms with Gasteiger partial charge in [0.1, 0.15) is 18.3 Å². The zero-order valence-electron chi connectivity index (χ0n) is 15.2. The van der Waals surface area contributed by atoms with Gasteiger partial charge in [-0.05, 0) is 24.5 Å². The number of aliphatic hydroxyl groups excluding tert-OH is 1. The van der Waals surface area contributed by atoms with E-state index >= 15 is 0 Å². The van der Waals surface area contributed by atoms with Crippen molar-refractivity contribution in [1.82, 2.24) is 19.5 Å². The summed E-state index contributed by atoms with van der Waals surface area (Å²) < 4.78 is 13.6. The summed E-state index contributed by atoms with van der Waals surface area (Å²) >= 11 is 0. The first-order valence-electron chi connectivity index (χ1n) is 8.93. The molecule has 3 unspecified atom stereocenters. The maximum absolute atomic E-state index is 9.38. The molecular formula is C19H24N4O3. The van der Waals surface area contributed by atoms with Crippen LogP contribution in [0.3, 0.4) is 0 Å². The molecule has 1 N–H and O–H groups in total. The van der Waals surface area contributed by atoms with Crippen molar-refractivity contribution in [2.45, 2.75) is 39.5 Å². The van der Waals surface area contributed by atoms with E-state index in [-0.39, 0.29) is 24.9 Å². The third-order valence-corrected chi connectivity index (χ3v) is 4.31. The molecule has 3 aromatic rings. The first-order valence-corrected chi connectivity index (χ1v) is 8.93. The van der Waals surface area contributed by atoms with Crippen LogP contribution in [0.4, 0.5) is 0 Å². The van der Waals surface area contributed by atoms with Crippen LogP contribution >= 0.6 is 0 Å². The number of para-hydroxylation sites is 1. The molecule has 3 heterocycles. The molecule has 26 heavy (non-hydrogen) atoms. The van der Waals surface area contributed by atoms with E-state index in [1.54, 1.807) is 6.33 Å². The van der Waals surface area contributed by atoms with Gasteiger partial charge in [-0.3, -0.25) is 4.57 Å². The molecule has 1 saturated heterocycles. The van der Waals surface area contributed by atoms with E-state index in [0.717, 1.165) is 6.42 Å². The van der Waals surface area contributed by atoms with Crippen LogP contribution in [0, 0.1) is 5.92 Å². The van der Waals surface area contributed by atoms with Crippen molar-refractivity contribution >= 4 is 11.2 Å². The van der Waals surface area contributed by atoms with Gasteiger partial charge in [0, 0.05) is 0 Å². The van der Waals surface area contributed by atoms with Crippen LogP contribution in [0.2, 0.25) is 0 Å². The maximum atomic E-state index is 9.38. The number of aliphatic hydroxyl groups is 1. The molecule has 138 valence electrons. The summed E-state index contributed by atoms with van der Waals surface area (Å²) in [6.45, 7) is 6.08. The van der Waals surface area contributed by atoms with Gasteiger partial charge in [0.15, 0.2) is 11.2 Å². The Morgan fingerprint density at radius 2 is 1.96 bits per heavy atom. The van der Waals surface area contributed by atoms with Crippen molar-refractivity contribution in [1.29, 1.82) is 0 Å². The van der Waals surface area contributed by atoms with Crippen LogP contribution < -0.4 is 4.74 Å². The Bertz CT molecular complexity index is 837. The Kier molecular flexibility index (Phi) is 5.80. The smallest absolute Gasteiger partial charge is 0.250 e. The van der Waals surface area contributed by atoms with Gasteiger partial charge in [-0.2, -0.15) is 4.98 Å². The van der Waals surface area contributed by atoms with Crippen molar-refractivity contribution in [3.63, 3.8) is 0 Å². The number of nitrogens with zero attached hydrogens (tertiary/aromatic N) is 4. The van der Waals surface area contributed by atoms with E-state index in [1.807, 2.05) is 48.7 Å². The van der Waals surface area contributed by atoms with Gasteiger partial charge in [0.05, 0.1) is 19.0 Å². The number of imidazole rings is 1. The van der Waals surface area contributed by atoms with E-state index in [0.29, 0.717) is 22.8 Å². The molecule has 0 bridgehead atoms. The lowest BCUT2D eigenvalue weighted by Crippen LogP contribution is -2.18. The average Bonchev–Trinajstić information content (AvgIpc) is 3.28. The van der Waals surface area contributed by atoms with Crippen molar-refractivity contribution < 1.29 is 14.6 Å². The number of benzene rings is 1. The highest BCUT2D eigenvalue weighted by molar-refractivity contribution is 5.76. The van der Waals surface area contributed by atoms with Crippen LogP contribution in [0.1, 0.15) is 33.4 Å². The lowest BCUT2D eigenvalue weighted by atomic mass is 10.0. The lowest BCUT2D eigenvalue weighted by Gasteiger charge is -2.14. The van der Waals surface area contributed by atoms with E-state index in [2.05, 4.69) is 21.9 Å². The largest absolute Gasteiger partial charge is 0.437 e. The molecule has 4 rings (SSSR count). The predicted octanol–water partition coefficient (Wildman–Crippen LogP) is 3.56. The Morgan fingerprint density at radius 1 is 1.19 bits per heavy atom. The summed E-state index contributed by atoms with van der Waals surface area (Å²) in [7, 11) is 0. The van der Waals surface area contributed by atoms with Gasteiger partial charge in [-0.25, -0.2) is 9.97 Å². The Morgan fingerprint density at radius 3 is 2.65 bits per heavy atom. The molecule has 3 atom stereocenters. The highest BCUT2D eigenvalue weighted by Crippen LogP contribution is 2.35. The minimum atomic E-state index is -0.193. The summed E-state index contributed by atoms with van der Waals surface area (Å²) in [5.41, 5.74) is 1.25. The Balaban J connectivity index is 0.000000948. The fourth-order valence-electron chi connectivity index (χ4n) is 2.98. The third kappa shape index (κ3) is 3.54. The van der Waals surface area contributed by atoms with E-state index in [9.17, 15) is 5.11 Å². The highest BCUT2D eigenvalue weighted by atomic mass is 16.5. The number of ether oxygens (including phenoxy) is 2. The molecule has 0 saturated carbocycles. The van der Waals surface area contributed by atoms with Crippen molar-refractivity contribution in [2.75, 3.05) is 6.61 Å². The Labute approximate surface area is 152 Å². The molecule has 0 radical (unpaired) electrons. The monoisotopic (exact) mass is 356 g/mol. The normalized spacial score (nSPS) is 22.1. The molecule has 1 aliphatic rings. The first-order chi connectivity index (χ1) is 12.8. The fraction of sp³-hybridized carbons (Fsp3) is 0.421. The second kappa shape index (κ2) is 8.25. The third-order valence-electron chi connectivity index (χ3n) is 4.31. The topological polar surface area (TPSA) is 82.3 Å². The van der Waals surface area contributed by atoms with Gasteiger partial charge in [0.25, 0.3) is 5.88 Å². The van der Waals surface area contributed by atoms with Gasteiger partial charge in [-0.1, -0.05) is 39.0 Å². The average molecular weight is 356 g/mol. The molecule has 1 aromatic carbocycles. The minimum absolute atomic E-state index is 0.0155. The molecule has 0 spiro atoms. The minimum Gasteiger partial charge on any atom is -0.437 e. The molecule has 7 nitrogen and oxygen atoms in total. The van der Waals surface area contributed by atoms with Crippen LogP contribution in [0.5, 0.6) is 11.6 Å². The summed E-state index contributed by atoms with van der Waals surface area (Å²) in [5.74, 6) is 1.38. The first kappa shape index (κ1) is 18.3. The van der Waals surface area contributed by atoms with Crippen molar-refractivity contribution in [2.24, 2.45) is 5.92 Å². The molecule has 0 aliphatic carbocycles. The molecule has 0 amide bonds. The molecule has 2 aromatic heterocycles. The standard InChI is InChI=1S/C17H18N4O3.C2H6/c1-11-7-14(24-13(11)8-22)21-10-20-15-16(21)18-9-19-17(15)23-12-5-3-2-4-6-12;1-2/h2-6,9-11,13-14,22H,7-8H2,1H3;1-2H3. The second-order valence-electron chi connectivity index (χ2n) is 5.94. The zero-order chi connectivity index (χ0) is 18.5. The van der Waals surface area contributed by atoms with E-state index in [4.69, 9.17) is 9.47 Å². The molecule has 1 fully saturated rings. The number of fused-ring (bicyclic) bond motifs is 1. The fourth-order valence-corrected chi connectivity index (χ4v) is 2.98. The summed E-state index contributed by atoms with van der Waals surface area (Å²) in [5, 5.41) is 9.38. The lowest BCUT2D eigenvalue weighted by molar-refractivity contribution is -0.0277. The zero-order valence-corrected chi connectivity index (χ0v) is 15.2. The van der Waals surface area contributed by atoms with Crippen molar-refractivity contribution in [3.05, 3.63) is 43.0 Å². The van der Waals surface area contributed by atoms with Crippen LogP contribution in [-0.4, -0.2) is 37.3 Å². The predicted molar refractivity (Wildman–Crippen MR) is 98.0 cm³/mol. The number of hydrogen-bond donors (Lipinski definition) is 1. The summed E-state index contributed by atoms with van der Waals surface area (Å²) in [6.07, 6.45) is 3.60. The number of aromatic nitrogens is 4. The van der Waals surface area contributed by atoms with Gasteiger partial charge >= 0.3 is 0 Å². The van der Waals surface area contributed by atoms with Gasteiger partial charge in [0.2, 0.25) is 0 Å². The second-order valence-corrected chi connectivity index (χ2v) is 5.94. The van der Waals surface area contributed by atoms with E-state index < -0.39 is 0 Å². The highest BCUT2D eigenvalue weighted by Gasteiger charge is 2.33. The molecule has 7 heteroatoms. The molecular weight excluding hydrogens is 332 g/mol. The Hall–Kier alpha value is -2.51. The number of rotatable bonds is 4.